The minimum absolute atomic E-state index is 0.287. The van der Waals surface area contributed by atoms with E-state index in [1.807, 2.05) is 6.92 Å². The summed E-state index contributed by atoms with van der Waals surface area (Å²) < 4.78 is 12.7. The number of benzene rings is 1. The van der Waals surface area contributed by atoms with E-state index in [-0.39, 0.29) is 11.9 Å². The second-order valence-corrected chi connectivity index (χ2v) is 4.12. The van der Waals surface area contributed by atoms with Gasteiger partial charge in [-0.15, -0.1) is 0 Å². The van der Waals surface area contributed by atoms with Gasteiger partial charge in [0.2, 0.25) is 0 Å². The summed E-state index contributed by atoms with van der Waals surface area (Å²) in [6.45, 7) is 2.99. The van der Waals surface area contributed by atoms with Gasteiger partial charge in [0, 0.05) is 6.54 Å². The van der Waals surface area contributed by atoms with Crippen LogP contribution in [0, 0.1) is 5.82 Å². The van der Waals surface area contributed by atoms with Gasteiger partial charge >= 0.3 is 0 Å². The fraction of sp³-hybridized carbons (Fsp3) is 0.538. The summed E-state index contributed by atoms with van der Waals surface area (Å²) in [7, 11) is 0. The third kappa shape index (κ3) is 5.26. The largest absolute Gasteiger partial charge is 0.393 e. The molecule has 0 spiro atoms. The van der Waals surface area contributed by atoms with E-state index >= 15 is 0 Å². The van der Waals surface area contributed by atoms with Gasteiger partial charge in [0.15, 0.2) is 0 Å². The van der Waals surface area contributed by atoms with E-state index < -0.39 is 6.10 Å². The lowest BCUT2D eigenvalue weighted by Gasteiger charge is -2.13. The second-order valence-electron chi connectivity index (χ2n) is 4.12. The number of hydrogen-bond donors (Lipinski definition) is 3. The minimum Gasteiger partial charge on any atom is -0.393 e. The van der Waals surface area contributed by atoms with Crippen molar-refractivity contribution in [3.05, 3.63) is 35.6 Å². The third-order valence-electron chi connectivity index (χ3n) is 2.72. The lowest BCUT2D eigenvalue weighted by Crippen LogP contribution is -2.25. The molecule has 1 aromatic carbocycles. The Labute approximate surface area is 101 Å². The van der Waals surface area contributed by atoms with Crippen LogP contribution in [0.5, 0.6) is 0 Å². The quantitative estimate of drug-likeness (QED) is 0.636. The van der Waals surface area contributed by atoms with Crippen LogP contribution in [-0.2, 0) is 0 Å². The van der Waals surface area contributed by atoms with Crippen molar-refractivity contribution < 1.29 is 14.6 Å². The number of aliphatic hydroxyl groups is 2. The number of halogens is 1. The maximum Gasteiger partial charge on any atom is 0.123 e. The molecule has 4 heteroatoms. The standard InChI is InChI=1S/C13H20FNO2/c1-2-12(16)7-8-15-9-13(17)10-3-5-11(14)6-4-10/h3-6,12-13,15-17H,2,7-9H2,1H3. The van der Waals surface area contributed by atoms with Crippen LogP contribution < -0.4 is 5.32 Å². The Morgan fingerprint density at radius 2 is 1.88 bits per heavy atom. The van der Waals surface area contributed by atoms with Crippen LogP contribution in [-0.4, -0.2) is 29.4 Å². The van der Waals surface area contributed by atoms with Gasteiger partial charge in [-0.2, -0.15) is 0 Å². The molecule has 0 fully saturated rings. The van der Waals surface area contributed by atoms with Crippen molar-refractivity contribution in [2.75, 3.05) is 13.1 Å². The highest BCUT2D eigenvalue weighted by Gasteiger charge is 2.07. The first kappa shape index (κ1) is 14.1. The molecule has 0 amide bonds. The van der Waals surface area contributed by atoms with Crippen molar-refractivity contribution in [3.63, 3.8) is 0 Å². The lowest BCUT2D eigenvalue weighted by atomic mass is 10.1. The maximum absolute atomic E-state index is 12.7. The Morgan fingerprint density at radius 1 is 1.24 bits per heavy atom. The smallest absolute Gasteiger partial charge is 0.123 e. The number of rotatable bonds is 7. The number of aliphatic hydroxyl groups excluding tert-OH is 2. The molecule has 0 radical (unpaired) electrons. The zero-order valence-electron chi connectivity index (χ0n) is 10.1. The maximum atomic E-state index is 12.7. The Morgan fingerprint density at radius 3 is 2.47 bits per heavy atom. The molecule has 0 aromatic heterocycles. The van der Waals surface area contributed by atoms with E-state index in [0.29, 0.717) is 25.1 Å². The minimum atomic E-state index is -0.644. The van der Waals surface area contributed by atoms with Gasteiger partial charge in [0.1, 0.15) is 5.82 Å². The molecular formula is C13H20FNO2. The SMILES string of the molecule is CCC(O)CCNCC(O)c1ccc(F)cc1. The molecule has 17 heavy (non-hydrogen) atoms. The summed E-state index contributed by atoms with van der Waals surface area (Å²) in [5, 5.41) is 22.2. The van der Waals surface area contributed by atoms with Crippen LogP contribution in [0.2, 0.25) is 0 Å². The van der Waals surface area contributed by atoms with E-state index in [0.717, 1.165) is 6.42 Å². The van der Waals surface area contributed by atoms with Crippen molar-refractivity contribution in [1.29, 1.82) is 0 Å². The molecule has 1 rings (SSSR count). The summed E-state index contributed by atoms with van der Waals surface area (Å²) in [5.74, 6) is -0.306. The molecule has 3 N–H and O–H groups in total. The van der Waals surface area contributed by atoms with E-state index in [9.17, 15) is 14.6 Å². The molecule has 0 aliphatic carbocycles. The summed E-state index contributed by atoms with van der Waals surface area (Å²) in [5.41, 5.74) is 0.690. The van der Waals surface area contributed by atoms with E-state index in [4.69, 9.17) is 0 Å². The Hall–Kier alpha value is -0.970. The van der Waals surface area contributed by atoms with Crippen molar-refractivity contribution in [3.8, 4) is 0 Å². The fourth-order valence-corrected chi connectivity index (χ4v) is 1.51. The van der Waals surface area contributed by atoms with Crippen LogP contribution in [0.15, 0.2) is 24.3 Å². The van der Waals surface area contributed by atoms with Crippen molar-refractivity contribution in [1.82, 2.24) is 5.32 Å². The lowest BCUT2D eigenvalue weighted by molar-refractivity contribution is 0.150. The predicted molar refractivity (Wildman–Crippen MR) is 65.1 cm³/mol. The van der Waals surface area contributed by atoms with Crippen molar-refractivity contribution >= 4 is 0 Å². The molecule has 0 aliphatic heterocycles. The van der Waals surface area contributed by atoms with Crippen LogP contribution in [0.25, 0.3) is 0 Å². The summed E-state index contributed by atoms with van der Waals surface area (Å²) in [4.78, 5) is 0. The van der Waals surface area contributed by atoms with Gasteiger partial charge < -0.3 is 15.5 Å². The predicted octanol–water partition coefficient (Wildman–Crippen LogP) is 1.61. The number of nitrogens with one attached hydrogen (secondary N) is 1. The first-order chi connectivity index (χ1) is 8.13. The zero-order chi connectivity index (χ0) is 12.7. The van der Waals surface area contributed by atoms with E-state index in [1.54, 1.807) is 12.1 Å². The first-order valence-electron chi connectivity index (χ1n) is 5.95. The van der Waals surface area contributed by atoms with E-state index in [2.05, 4.69) is 5.32 Å². The molecule has 96 valence electrons. The Kier molecular flexibility index (Phi) is 6.11. The highest BCUT2D eigenvalue weighted by Crippen LogP contribution is 2.12. The molecule has 0 heterocycles. The fourth-order valence-electron chi connectivity index (χ4n) is 1.51. The highest BCUT2D eigenvalue weighted by molar-refractivity contribution is 5.18. The van der Waals surface area contributed by atoms with Crippen molar-refractivity contribution in [2.45, 2.75) is 32.0 Å². The Balaban J connectivity index is 2.25. The third-order valence-corrected chi connectivity index (χ3v) is 2.72. The molecule has 0 aliphatic rings. The van der Waals surface area contributed by atoms with Gasteiger partial charge in [0.05, 0.1) is 12.2 Å². The highest BCUT2D eigenvalue weighted by atomic mass is 19.1. The molecule has 2 atom stereocenters. The molecular weight excluding hydrogens is 221 g/mol. The molecule has 2 unspecified atom stereocenters. The van der Waals surface area contributed by atoms with Crippen molar-refractivity contribution in [2.24, 2.45) is 0 Å². The average Bonchev–Trinajstić information content (AvgIpc) is 2.34. The van der Waals surface area contributed by atoms with Gasteiger partial charge in [0.25, 0.3) is 0 Å². The van der Waals surface area contributed by atoms with Gasteiger partial charge in [-0.25, -0.2) is 4.39 Å². The van der Waals surface area contributed by atoms with Gasteiger partial charge in [-0.1, -0.05) is 19.1 Å². The summed E-state index contributed by atoms with van der Waals surface area (Å²) in [6.07, 6.45) is 0.481. The first-order valence-corrected chi connectivity index (χ1v) is 5.95. The molecule has 0 saturated carbocycles. The monoisotopic (exact) mass is 241 g/mol. The molecule has 3 nitrogen and oxygen atoms in total. The summed E-state index contributed by atoms with van der Waals surface area (Å²) >= 11 is 0. The average molecular weight is 241 g/mol. The van der Waals surface area contributed by atoms with Crippen LogP contribution in [0.3, 0.4) is 0 Å². The molecule has 0 bridgehead atoms. The van der Waals surface area contributed by atoms with E-state index in [1.165, 1.54) is 12.1 Å². The van der Waals surface area contributed by atoms with Gasteiger partial charge in [-0.3, -0.25) is 0 Å². The van der Waals surface area contributed by atoms with Crippen LogP contribution >= 0.6 is 0 Å². The van der Waals surface area contributed by atoms with Crippen LogP contribution in [0.1, 0.15) is 31.4 Å². The normalized spacial score (nSPS) is 14.6. The summed E-state index contributed by atoms with van der Waals surface area (Å²) in [6, 6.07) is 5.81. The zero-order valence-corrected chi connectivity index (χ0v) is 10.1. The second kappa shape index (κ2) is 7.37. The molecule has 0 saturated heterocycles. The molecule has 1 aromatic rings. The van der Waals surface area contributed by atoms with Gasteiger partial charge in [-0.05, 0) is 37.1 Å². The van der Waals surface area contributed by atoms with Crippen LogP contribution in [0.4, 0.5) is 4.39 Å². The Bertz CT molecular complexity index is 316. The number of hydrogen-bond acceptors (Lipinski definition) is 3. The topological polar surface area (TPSA) is 52.5 Å².